The molecule has 0 aliphatic heterocycles. The molecule has 0 saturated carbocycles. The Bertz CT molecular complexity index is 449. The summed E-state index contributed by atoms with van der Waals surface area (Å²) in [7, 11) is 0. The molecular formula is C15H23N3. The van der Waals surface area contributed by atoms with Gasteiger partial charge >= 0.3 is 0 Å². The first-order valence-corrected chi connectivity index (χ1v) is 6.90. The first-order valence-electron chi connectivity index (χ1n) is 6.90. The fraction of sp³-hybridized carbons (Fsp3) is 0.667. The van der Waals surface area contributed by atoms with E-state index in [2.05, 4.69) is 30.7 Å². The average Bonchev–Trinajstić information content (AvgIpc) is 2.29. The summed E-state index contributed by atoms with van der Waals surface area (Å²) >= 11 is 0. The Morgan fingerprint density at radius 2 is 2.22 bits per heavy atom. The third-order valence-electron chi connectivity index (χ3n) is 3.63. The highest BCUT2D eigenvalue weighted by molar-refractivity contribution is 5.82. The van der Waals surface area contributed by atoms with Crippen LogP contribution < -0.4 is 0 Å². The van der Waals surface area contributed by atoms with Crippen LogP contribution in [-0.2, 0) is 19.3 Å². The Morgan fingerprint density at radius 3 is 2.94 bits per heavy atom. The van der Waals surface area contributed by atoms with E-state index in [-0.39, 0.29) is 0 Å². The summed E-state index contributed by atoms with van der Waals surface area (Å²) in [6.07, 6.45) is 7.81. The first kappa shape index (κ1) is 13.2. The minimum Gasteiger partial charge on any atom is -0.309 e. The van der Waals surface area contributed by atoms with Gasteiger partial charge in [0.15, 0.2) is 0 Å². The lowest BCUT2D eigenvalue weighted by Gasteiger charge is -2.30. The van der Waals surface area contributed by atoms with Crippen LogP contribution >= 0.6 is 0 Å². The normalized spacial score (nSPS) is 17.3. The molecule has 0 saturated heterocycles. The lowest BCUT2D eigenvalue weighted by Crippen LogP contribution is -2.24. The van der Waals surface area contributed by atoms with Crippen LogP contribution in [0.5, 0.6) is 0 Å². The van der Waals surface area contributed by atoms with Gasteiger partial charge in [-0.05, 0) is 36.7 Å². The molecule has 0 spiro atoms. The third kappa shape index (κ3) is 3.15. The zero-order valence-electron chi connectivity index (χ0n) is 11.7. The van der Waals surface area contributed by atoms with E-state index in [0.717, 1.165) is 37.2 Å². The highest BCUT2D eigenvalue weighted by Crippen LogP contribution is 2.33. The summed E-state index contributed by atoms with van der Waals surface area (Å²) in [6.45, 7) is 6.71. The molecule has 1 aromatic rings. The van der Waals surface area contributed by atoms with Gasteiger partial charge in [-0.3, -0.25) is 0 Å². The molecule has 98 valence electrons. The molecule has 1 aliphatic rings. The molecule has 0 fully saturated rings. The second-order valence-electron chi connectivity index (χ2n) is 6.13. The SMILES string of the molecule is CCCC(=N)Cc1ncc2c(n1)CCC(C)(C)C2. The van der Waals surface area contributed by atoms with Gasteiger partial charge in [-0.1, -0.05) is 27.2 Å². The summed E-state index contributed by atoms with van der Waals surface area (Å²) in [4.78, 5) is 9.08. The molecule has 1 N–H and O–H groups in total. The maximum absolute atomic E-state index is 7.85. The number of hydrogen-bond donors (Lipinski definition) is 1. The van der Waals surface area contributed by atoms with Crippen molar-refractivity contribution in [2.24, 2.45) is 5.41 Å². The van der Waals surface area contributed by atoms with Crippen molar-refractivity contribution in [3.8, 4) is 0 Å². The molecule has 1 aliphatic carbocycles. The number of hydrogen-bond acceptors (Lipinski definition) is 3. The summed E-state index contributed by atoms with van der Waals surface area (Å²) in [5.74, 6) is 0.826. The Balaban J connectivity index is 2.11. The van der Waals surface area contributed by atoms with Gasteiger partial charge in [-0.15, -0.1) is 0 Å². The van der Waals surface area contributed by atoms with E-state index >= 15 is 0 Å². The van der Waals surface area contributed by atoms with Crippen LogP contribution in [0.1, 0.15) is 57.1 Å². The van der Waals surface area contributed by atoms with Crippen LogP contribution in [0, 0.1) is 10.8 Å². The third-order valence-corrected chi connectivity index (χ3v) is 3.63. The average molecular weight is 245 g/mol. The van der Waals surface area contributed by atoms with Crippen LogP contribution in [0.15, 0.2) is 6.20 Å². The summed E-state index contributed by atoms with van der Waals surface area (Å²) in [5.41, 5.74) is 3.64. The standard InChI is InChI=1S/C15H23N3/c1-4-5-12(16)8-14-17-10-11-9-15(2,3)7-6-13(11)18-14/h10,16H,4-9H2,1-3H3. The molecule has 0 amide bonds. The van der Waals surface area contributed by atoms with Gasteiger partial charge in [0.05, 0.1) is 0 Å². The van der Waals surface area contributed by atoms with E-state index in [0.29, 0.717) is 11.8 Å². The molecule has 18 heavy (non-hydrogen) atoms. The molecule has 0 atom stereocenters. The van der Waals surface area contributed by atoms with E-state index in [4.69, 9.17) is 5.41 Å². The minimum atomic E-state index is 0.382. The van der Waals surface area contributed by atoms with Crippen molar-refractivity contribution in [2.75, 3.05) is 0 Å². The van der Waals surface area contributed by atoms with Crippen molar-refractivity contribution in [3.05, 3.63) is 23.3 Å². The lowest BCUT2D eigenvalue weighted by molar-refractivity contribution is 0.311. The van der Waals surface area contributed by atoms with Gasteiger partial charge in [0, 0.05) is 24.0 Å². The van der Waals surface area contributed by atoms with E-state index < -0.39 is 0 Å². The fourth-order valence-corrected chi connectivity index (χ4v) is 2.57. The number of aryl methyl sites for hydroxylation is 1. The van der Waals surface area contributed by atoms with Crippen molar-refractivity contribution >= 4 is 5.71 Å². The molecular weight excluding hydrogens is 222 g/mol. The molecule has 0 aromatic carbocycles. The molecule has 3 nitrogen and oxygen atoms in total. The molecule has 0 unspecified atom stereocenters. The second kappa shape index (κ2) is 5.17. The van der Waals surface area contributed by atoms with E-state index in [1.807, 2.05) is 6.20 Å². The van der Waals surface area contributed by atoms with Crippen LogP contribution in [0.25, 0.3) is 0 Å². The zero-order valence-corrected chi connectivity index (χ0v) is 11.7. The second-order valence-corrected chi connectivity index (χ2v) is 6.13. The molecule has 1 heterocycles. The van der Waals surface area contributed by atoms with E-state index in [1.165, 1.54) is 17.7 Å². The van der Waals surface area contributed by atoms with Crippen molar-refractivity contribution < 1.29 is 0 Å². The molecule has 1 aromatic heterocycles. The van der Waals surface area contributed by atoms with Crippen molar-refractivity contribution in [3.63, 3.8) is 0 Å². The number of fused-ring (bicyclic) bond motifs is 1. The van der Waals surface area contributed by atoms with E-state index in [9.17, 15) is 0 Å². The van der Waals surface area contributed by atoms with Crippen LogP contribution in [0.4, 0.5) is 0 Å². The van der Waals surface area contributed by atoms with Gasteiger partial charge in [0.2, 0.25) is 0 Å². The van der Waals surface area contributed by atoms with Gasteiger partial charge in [0.25, 0.3) is 0 Å². The minimum absolute atomic E-state index is 0.382. The van der Waals surface area contributed by atoms with Crippen molar-refractivity contribution in [1.82, 2.24) is 9.97 Å². The number of nitrogens with zero attached hydrogens (tertiary/aromatic N) is 2. The maximum atomic E-state index is 7.85. The Morgan fingerprint density at radius 1 is 1.44 bits per heavy atom. The first-order chi connectivity index (χ1) is 8.50. The fourth-order valence-electron chi connectivity index (χ4n) is 2.57. The van der Waals surface area contributed by atoms with Crippen LogP contribution in [0.3, 0.4) is 0 Å². The quantitative estimate of drug-likeness (QED) is 0.827. The summed E-state index contributed by atoms with van der Waals surface area (Å²) in [5, 5.41) is 7.85. The highest BCUT2D eigenvalue weighted by atomic mass is 14.9. The van der Waals surface area contributed by atoms with Crippen LogP contribution in [-0.4, -0.2) is 15.7 Å². The maximum Gasteiger partial charge on any atom is 0.134 e. The zero-order chi connectivity index (χ0) is 13.2. The lowest BCUT2D eigenvalue weighted by atomic mass is 9.76. The topological polar surface area (TPSA) is 49.6 Å². The van der Waals surface area contributed by atoms with Crippen molar-refractivity contribution in [1.29, 1.82) is 5.41 Å². The molecule has 0 bridgehead atoms. The largest absolute Gasteiger partial charge is 0.309 e. The molecule has 0 radical (unpaired) electrons. The van der Waals surface area contributed by atoms with Gasteiger partial charge in [-0.2, -0.15) is 0 Å². The number of rotatable bonds is 4. The summed E-state index contributed by atoms with van der Waals surface area (Å²) in [6, 6.07) is 0. The monoisotopic (exact) mass is 245 g/mol. The Kier molecular flexibility index (Phi) is 3.79. The predicted molar refractivity (Wildman–Crippen MR) is 74.2 cm³/mol. The Hall–Kier alpha value is -1.25. The van der Waals surface area contributed by atoms with Gasteiger partial charge in [-0.25, -0.2) is 9.97 Å². The smallest absolute Gasteiger partial charge is 0.134 e. The number of aromatic nitrogens is 2. The van der Waals surface area contributed by atoms with E-state index in [1.54, 1.807) is 0 Å². The molecule has 3 heteroatoms. The molecule has 2 rings (SSSR count). The van der Waals surface area contributed by atoms with Gasteiger partial charge < -0.3 is 5.41 Å². The predicted octanol–water partition coefficient (Wildman–Crippen LogP) is 3.35. The highest BCUT2D eigenvalue weighted by Gasteiger charge is 2.26. The Labute approximate surface area is 110 Å². The van der Waals surface area contributed by atoms with Gasteiger partial charge in [0.1, 0.15) is 5.82 Å². The summed E-state index contributed by atoms with van der Waals surface area (Å²) < 4.78 is 0. The van der Waals surface area contributed by atoms with Crippen molar-refractivity contribution in [2.45, 2.75) is 59.3 Å². The number of nitrogens with one attached hydrogen (secondary N) is 1. The van der Waals surface area contributed by atoms with Crippen LogP contribution in [0.2, 0.25) is 0 Å².